The zero-order valence-electron chi connectivity index (χ0n) is 8.55. The molecule has 0 radical (unpaired) electrons. The van der Waals surface area contributed by atoms with Crippen molar-refractivity contribution in [1.82, 2.24) is 4.98 Å². The molecule has 74 valence electrons. The van der Waals surface area contributed by atoms with E-state index in [1.165, 1.54) is 0 Å². The monoisotopic (exact) mass is 200 g/mol. The van der Waals surface area contributed by atoms with Gasteiger partial charge in [0.1, 0.15) is 0 Å². The van der Waals surface area contributed by atoms with Crippen LogP contribution in [0, 0.1) is 0 Å². The maximum atomic E-state index is 4.99. The van der Waals surface area contributed by atoms with Crippen molar-refractivity contribution >= 4 is 16.5 Å². The molecular weight excluding hydrogens is 184 g/mol. The Labute approximate surface area is 83.1 Å². The molecule has 13 heavy (non-hydrogen) atoms. The number of methoxy groups -OCH3 is 1. The number of rotatable bonds is 3. The van der Waals surface area contributed by atoms with Gasteiger partial charge in [0.05, 0.1) is 12.3 Å². The summed E-state index contributed by atoms with van der Waals surface area (Å²) in [5, 5.41) is 6.28. The van der Waals surface area contributed by atoms with Crippen LogP contribution in [0.5, 0.6) is 0 Å². The van der Waals surface area contributed by atoms with E-state index in [2.05, 4.69) is 31.1 Å². The van der Waals surface area contributed by atoms with Gasteiger partial charge < -0.3 is 10.1 Å². The third-order valence-electron chi connectivity index (χ3n) is 1.33. The fraction of sp³-hybridized carbons (Fsp3) is 0.667. The first kappa shape index (κ1) is 10.5. The van der Waals surface area contributed by atoms with Crippen LogP contribution in [0.15, 0.2) is 5.38 Å². The normalized spacial score (nSPS) is 11.7. The zero-order chi connectivity index (χ0) is 9.90. The Kier molecular flexibility index (Phi) is 3.27. The smallest absolute Gasteiger partial charge is 0.183 e. The van der Waals surface area contributed by atoms with E-state index in [0.717, 1.165) is 10.8 Å². The summed E-state index contributed by atoms with van der Waals surface area (Å²) >= 11 is 1.61. The minimum absolute atomic E-state index is 0.0716. The number of hydrogen-bond donors (Lipinski definition) is 1. The molecule has 0 aliphatic carbocycles. The number of nitrogens with zero attached hydrogens (tertiary/aromatic N) is 1. The van der Waals surface area contributed by atoms with Crippen LogP contribution in [0.1, 0.15) is 26.5 Å². The molecule has 1 aromatic rings. The molecule has 0 aliphatic heterocycles. The molecule has 0 spiro atoms. The molecule has 0 bridgehead atoms. The predicted octanol–water partition coefficient (Wildman–Crippen LogP) is 2.50. The van der Waals surface area contributed by atoms with Gasteiger partial charge in [0.2, 0.25) is 0 Å². The lowest BCUT2D eigenvalue weighted by atomic mass is 10.1. The average molecular weight is 200 g/mol. The lowest BCUT2D eigenvalue weighted by Crippen LogP contribution is -2.25. The highest BCUT2D eigenvalue weighted by Crippen LogP contribution is 2.19. The van der Waals surface area contributed by atoms with Gasteiger partial charge in [0.25, 0.3) is 0 Å². The second kappa shape index (κ2) is 4.07. The van der Waals surface area contributed by atoms with E-state index in [1.54, 1.807) is 18.4 Å². The van der Waals surface area contributed by atoms with Gasteiger partial charge in [-0.25, -0.2) is 4.98 Å². The van der Waals surface area contributed by atoms with Gasteiger partial charge >= 0.3 is 0 Å². The van der Waals surface area contributed by atoms with Crippen LogP contribution in [-0.4, -0.2) is 17.6 Å². The van der Waals surface area contributed by atoms with Crippen molar-refractivity contribution in [2.24, 2.45) is 0 Å². The summed E-state index contributed by atoms with van der Waals surface area (Å²) in [4.78, 5) is 4.37. The molecule has 0 amide bonds. The van der Waals surface area contributed by atoms with Crippen LogP contribution in [0.4, 0.5) is 5.13 Å². The highest BCUT2D eigenvalue weighted by atomic mass is 32.1. The highest BCUT2D eigenvalue weighted by Gasteiger charge is 2.11. The summed E-state index contributed by atoms with van der Waals surface area (Å²) in [6.07, 6.45) is 0. The summed E-state index contributed by atoms with van der Waals surface area (Å²) in [6.45, 7) is 6.93. The molecular formula is C9H16N2OS. The molecule has 1 rings (SSSR count). The Morgan fingerprint density at radius 2 is 2.23 bits per heavy atom. The van der Waals surface area contributed by atoms with Gasteiger partial charge in [0.15, 0.2) is 5.13 Å². The fourth-order valence-corrected chi connectivity index (χ4v) is 1.80. The van der Waals surface area contributed by atoms with E-state index in [1.807, 2.05) is 5.38 Å². The molecule has 0 unspecified atom stereocenters. The average Bonchev–Trinajstić information content (AvgIpc) is 2.33. The molecule has 0 atom stereocenters. The lowest BCUT2D eigenvalue weighted by Gasteiger charge is -2.19. The van der Waals surface area contributed by atoms with Crippen LogP contribution >= 0.6 is 11.3 Å². The first-order valence-corrected chi connectivity index (χ1v) is 5.11. The Morgan fingerprint density at radius 3 is 2.77 bits per heavy atom. The first-order valence-electron chi connectivity index (χ1n) is 4.23. The molecule has 3 nitrogen and oxygen atoms in total. The van der Waals surface area contributed by atoms with Crippen molar-refractivity contribution in [2.45, 2.75) is 32.9 Å². The second-order valence-corrected chi connectivity index (χ2v) is 4.81. The van der Waals surface area contributed by atoms with E-state index in [0.29, 0.717) is 6.61 Å². The minimum atomic E-state index is 0.0716. The largest absolute Gasteiger partial charge is 0.378 e. The highest BCUT2D eigenvalue weighted by molar-refractivity contribution is 7.13. The summed E-state index contributed by atoms with van der Waals surface area (Å²) in [7, 11) is 1.68. The number of ether oxygens (including phenoxy) is 1. The third-order valence-corrected chi connectivity index (χ3v) is 2.13. The van der Waals surface area contributed by atoms with Crippen molar-refractivity contribution in [1.29, 1.82) is 0 Å². The molecule has 0 aromatic carbocycles. The number of anilines is 1. The number of hydrogen-bond acceptors (Lipinski definition) is 4. The molecule has 1 N–H and O–H groups in total. The maximum Gasteiger partial charge on any atom is 0.183 e. The van der Waals surface area contributed by atoms with Crippen molar-refractivity contribution in [2.75, 3.05) is 12.4 Å². The van der Waals surface area contributed by atoms with Crippen LogP contribution in [0.2, 0.25) is 0 Å². The molecule has 4 heteroatoms. The van der Waals surface area contributed by atoms with E-state index in [4.69, 9.17) is 4.74 Å². The molecule has 0 saturated heterocycles. The molecule has 0 fully saturated rings. The van der Waals surface area contributed by atoms with Crippen molar-refractivity contribution in [3.63, 3.8) is 0 Å². The van der Waals surface area contributed by atoms with Gasteiger partial charge in [-0.2, -0.15) is 0 Å². The van der Waals surface area contributed by atoms with E-state index in [-0.39, 0.29) is 5.54 Å². The van der Waals surface area contributed by atoms with Crippen LogP contribution < -0.4 is 5.32 Å². The maximum absolute atomic E-state index is 4.99. The van der Waals surface area contributed by atoms with Gasteiger partial charge in [0, 0.05) is 18.0 Å². The quantitative estimate of drug-likeness (QED) is 0.814. The molecule has 1 aromatic heterocycles. The van der Waals surface area contributed by atoms with E-state index >= 15 is 0 Å². The fourth-order valence-electron chi connectivity index (χ4n) is 0.899. The van der Waals surface area contributed by atoms with E-state index in [9.17, 15) is 0 Å². The predicted molar refractivity (Wildman–Crippen MR) is 56.2 cm³/mol. The number of thiazole rings is 1. The Hall–Kier alpha value is -0.610. The third kappa shape index (κ3) is 3.74. The van der Waals surface area contributed by atoms with Crippen LogP contribution in [-0.2, 0) is 11.3 Å². The van der Waals surface area contributed by atoms with Crippen LogP contribution in [0.25, 0.3) is 0 Å². The Balaban J connectivity index is 2.59. The van der Waals surface area contributed by atoms with Gasteiger partial charge in [-0.3, -0.25) is 0 Å². The molecule has 0 saturated carbocycles. The Morgan fingerprint density at radius 1 is 1.54 bits per heavy atom. The SMILES string of the molecule is COCc1csc(NC(C)(C)C)n1. The molecule has 0 aliphatic rings. The minimum Gasteiger partial charge on any atom is -0.378 e. The van der Waals surface area contributed by atoms with E-state index < -0.39 is 0 Å². The summed E-state index contributed by atoms with van der Waals surface area (Å²) < 4.78 is 4.99. The van der Waals surface area contributed by atoms with Crippen molar-refractivity contribution in [3.05, 3.63) is 11.1 Å². The van der Waals surface area contributed by atoms with Crippen molar-refractivity contribution in [3.8, 4) is 0 Å². The topological polar surface area (TPSA) is 34.1 Å². The Bertz CT molecular complexity index is 265. The zero-order valence-corrected chi connectivity index (χ0v) is 9.36. The summed E-state index contributed by atoms with van der Waals surface area (Å²) in [5.74, 6) is 0. The van der Waals surface area contributed by atoms with Crippen molar-refractivity contribution < 1.29 is 4.74 Å². The molecule has 1 heterocycles. The summed E-state index contributed by atoms with van der Waals surface area (Å²) in [6, 6.07) is 0. The number of aromatic nitrogens is 1. The van der Waals surface area contributed by atoms with Gasteiger partial charge in [-0.05, 0) is 20.8 Å². The van der Waals surface area contributed by atoms with Gasteiger partial charge in [-0.1, -0.05) is 0 Å². The standard InChI is InChI=1S/C9H16N2OS/c1-9(2,3)11-8-10-7(5-12-4)6-13-8/h6H,5H2,1-4H3,(H,10,11). The van der Waals surface area contributed by atoms with Crippen LogP contribution in [0.3, 0.4) is 0 Å². The second-order valence-electron chi connectivity index (χ2n) is 3.95. The van der Waals surface area contributed by atoms with Gasteiger partial charge in [-0.15, -0.1) is 11.3 Å². The number of nitrogens with one attached hydrogen (secondary N) is 1. The lowest BCUT2D eigenvalue weighted by molar-refractivity contribution is 0.182. The summed E-state index contributed by atoms with van der Waals surface area (Å²) in [5.41, 5.74) is 1.06. The first-order chi connectivity index (χ1) is 6.01.